The first kappa shape index (κ1) is 12.7. The average molecular weight is 194 g/mol. The van der Waals surface area contributed by atoms with Gasteiger partial charge < -0.3 is 19.8 Å². The first-order valence-corrected chi connectivity index (χ1v) is 4.02. The predicted molar refractivity (Wildman–Crippen MR) is 41.3 cm³/mol. The Morgan fingerprint density at radius 3 is 1.54 bits per heavy atom. The van der Waals surface area contributed by atoms with Gasteiger partial charge in [-0.3, -0.25) is 0 Å². The molecule has 1 aliphatic carbocycles. The van der Waals surface area contributed by atoms with E-state index in [0.29, 0.717) is 12.8 Å². The molecule has 0 heterocycles. The maximum Gasteiger partial charge on any atom is 2.00 e. The van der Waals surface area contributed by atoms with E-state index in [1.807, 2.05) is 0 Å². The molecule has 0 aromatic carbocycles. The molecular weight excluding hydrogens is 184 g/mol. The van der Waals surface area contributed by atoms with Crippen molar-refractivity contribution in [2.45, 2.75) is 32.1 Å². The molecule has 1 saturated carbocycles. The molecule has 13 heavy (non-hydrogen) atoms. The Morgan fingerprint density at radius 1 is 0.923 bits per heavy atom. The van der Waals surface area contributed by atoms with Crippen LogP contribution in [0.1, 0.15) is 32.1 Å². The Labute approximate surface area is 92.5 Å². The van der Waals surface area contributed by atoms with Crippen LogP contribution in [0.2, 0.25) is 0 Å². The van der Waals surface area contributed by atoms with Gasteiger partial charge in [0.1, 0.15) is 0 Å². The minimum Gasteiger partial charge on any atom is -0.549 e. The minimum absolute atomic E-state index is 0. The molecule has 0 atom stereocenters. The van der Waals surface area contributed by atoms with Crippen molar-refractivity contribution in [1.82, 2.24) is 0 Å². The summed E-state index contributed by atoms with van der Waals surface area (Å²) in [6.45, 7) is 0. The van der Waals surface area contributed by atoms with Gasteiger partial charge in [-0.1, -0.05) is 19.3 Å². The van der Waals surface area contributed by atoms with Crippen LogP contribution in [0.15, 0.2) is 0 Å². The predicted octanol–water partition coefficient (Wildman–Crippen LogP) is -1.94. The first-order valence-electron chi connectivity index (χ1n) is 4.02. The molecule has 4 nitrogen and oxygen atoms in total. The van der Waals surface area contributed by atoms with Gasteiger partial charge in [0.2, 0.25) is 0 Å². The van der Waals surface area contributed by atoms with Gasteiger partial charge in [-0.05, 0) is 12.8 Å². The molecule has 0 aromatic rings. The molecule has 1 aliphatic rings. The molecule has 0 radical (unpaired) electrons. The van der Waals surface area contributed by atoms with Gasteiger partial charge in [0, 0.05) is 5.41 Å². The number of aliphatic carboxylic acids is 2. The van der Waals surface area contributed by atoms with Gasteiger partial charge in [-0.2, -0.15) is 0 Å². The fraction of sp³-hybridized carbons (Fsp3) is 0.750. The molecular formula is C8H10MgO4. The molecule has 0 bridgehead atoms. The summed E-state index contributed by atoms with van der Waals surface area (Å²) in [6, 6.07) is 0. The summed E-state index contributed by atoms with van der Waals surface area (Å²) < 4.78 is 0. The van der Waals surface area contributed by atoms with Gasteiger partial charge in [-0.15, -0.1) is 0 Å². The summed E-state index contributed by atoms with van der Waals surface area (Å²) in [6.07, 6.45) is 2.45. The number of hydrogen-bond donors (Lipinski definition) is 0. The van der Waals surface area contributed by atoms with Crippen LogP contribution in [-0.2, 0) is 9.59 Å². The third-order valence-electron chi connectivity index (χ3n) is 2.49. The quantitative estimate of drug-likeness (QED) is 0.378. The fourth-order valence-corrected chi connectivity index (χ4v) is 1.65. The van der Waals surface area contributed by atoms with Crippen LogP contribution in [0, 0.1) is 5.41 Å². The molecule has 0 aliphatic heterocycles. The van der Waals surface area contributed by atoms with Crippen molar-refractivity contribution in [3.8, 4) is 0 Å². The zero-order valence-corrected chi connectivity index (χ0v) is 8.79. The molecule has 0 N–H and O–H groups in total. The molecule has 0 amide bonds. The molecule has 1 fully saturated rings. The molecule has 0 saturated heterocycles. The van der Waals surface area contributed by atoms with Crippen LogP contribution in [0.4, 0.5) is 0 Å². The number of carbonyl (C=O) groups excluding carboxylic acids is 2. The van der Waals surface area contributed by atoms with Crippen LogP contribution in [0.5, 0.6) is 0 Å². The van der Waals surface area contributed by atoms with E-state index in [-0.39, 0.29) is 35.9 Å². The summed E-state index contributed by atoms with van der Waals surface area (Å²) in [5.41, 5.74) is -1.71. The van der Waals surface area contributed by atoms with Crippen molar-refractivity contribution in [2.75, 3.05) is 0 Å². The van der Waals surface area contributed by atoms with Gasteiger partial charge in [0.25, 0.3) is 0 Å². The molecule has 5 heteroatoms. The van der Waals surface area contributed by atoms with Crippen molar-refractivity contribution < 1.29 is 19.8 Å². The van der Waals surface area contributed by atoms with E-state index in [9.17, 15) is 19.8 Å². The van der Waals surface area contributed by atoms with E-state index in [1.54, 1.807) is 0 Å². The van der Waals surface area contributed by atoms with Crippen molar-refractivity contribution in [3.05, 3.63) is 0 Å². The third kappa shape index (κ3) is 2.34. The largest absolute Gasteiger partial charge is 2.00 e. The summed E-state index contributed by atoms with van der Waals surface area (Å²) in [7, 11) is 0. The van der Waals surface area contributed by atoms with E-state index in [1.165, 1.54) is 0 Å². The van der Waals surface area contributed by atoms with Crippen LogP contribution < -0.4 is 10.2 Å². The molecule has 0 aromatic heterocycles. The second-order valence-electron chi connectivity index (χ2n) is 3.22. The van der Waals surface area contributed by atoms with Crippen LogP contribution >= 0.6 is 0 Å². The number of hydrogen-bond acceptors (Lipinski definition) is 4. The summed E-state index contributed by atoms with van der Waals surface area (Å²) in [5.74, 6) is -3.00. The van der Waals surface area contributed by atoms with Crippen molar-refractivity contribution >= 4 is 35.0 Å². The zero-order chi connectivity index (χ0) is 9.19. The van der Waals surface area contributed by atoms with Crippen LogP contribution in [-0.4, -0.2) is 35.0 Å². The first-order chi connectivity index (χ1) is 5.59. The van der Waals surface area contributed by atoms with Gasteiger partial charge in [0.15, 0.2) is 0 Å². The van der Waals surface area contributed by atoms with E-state index in [0.717, 1.165) is 6.42 Å². The van der Waals surface area contributed by atoms with E-state index in [2.05, 4.69) is 0 Å². The van der Waals surface area contributed by atoms with Gasteiger partial charge in [0.05, 0.1) is 11.9 Å². The normalized spacial score (nSPS) is 20.0. The summed E-state index contributed by atoms with van der Waals surface area (Å²) >= 11 is 0. The number of carboxylic acids is 2. The Balaban J connectivity index is 0.00000144. The number of rotatable bonds is 2. The summed E-state index contributed by atoms with van der Waals surface area (Å²) in [4.78, 5) is 21.2. The molecule has 0 spiro atoms. The monoisotopic (exact) mass is 194 g/mol. The average Bonchev–Trinajstić information content (AvgIpc) is 2.05. The second-order valence-corrected chi connectivity index (χ2v) is 3.22. The Hall–Kier alpha value is -0.294. The Morgan fingerprint density at radius 2 is 1.31 bits per heavy atom. The second kappa shape index (κ2) is 4.81. The maximum atomic E-state index is 10.6. The van der Waals surface area contributed by atoms with Crippen molar-refractivity contribution in [3.63, 3.8) is 0 Å². The minimum atomic E-state index is -1.71. The Kier molecular flexibility index (Phi) is 4.70. The van der Waals surface area contributed by atoms with Crippen LogP contribution in [0.25, 0.3) is 0 Å². The van der Waals surface area contributed by atoms with E-state index < -0.39 is 17.4 Å². The van der Waals surface area contributed by atoms with Gasteiger partial charge in [-0.25, -0.2) is 0 Å². The smallest absolute Gasteiger partial charge is 0.549 e. The topological polar surface area (TPSA) is 80.3 Å². The summed E-state index contributed by atoms with van der Waals surface area (Å²) in [5, 5.41) is 21.2. The molecule has 1 rings (SSSR count). The molecule has 0 unspecified atom stereocenters. The third-order valence-corrected chi connectivity index (χ3v) is 2.49. The SMILES string of the molecule is O=C([O-])C1(C(=O)[O-])CCCCC1.[Mg+2]. The van der Waals surface area contributed by atoms with Gasteiger partial charge >= 0.3 is 23.1 Å². The van der Waals surface area contributed by atoms with Crippen molar-refractivity contribution in [2.24, 2.45) is 5.41 Å². The van der Waals surface area contributed by atoms with Crippen LogP contribution in [0.3, 0.4) is 0 Å². The Bertz CT molecular complexity index is 192. The molecule has 68 valence electrons. The maximum absolute atomic E-state index is 10.6. The van der Waals surface area contributed by atoms with E-state index >= 15 is 0 Å². The standard InChI is InChI=1S/C8H12O4.Mg/c9-6(10)8(7(11)12)4-2-1-3-5-8;/h1-5H2,(H,9,10)(H,11,12);/q;+2/p-2. The fourth-order valence-electron chi connectivity index (χ4n) is 1.65. The van der Waals surface area contributed by atoms with E-state index in [4.69, 9.17) is 0 Å². The zero-order valence-electron chi connectivity index (χ0n) is 7.38. The number of carbonyl (C=O) groups is 2. The van der Waals surface area contributed by atoms with Crippen molar-refractivity contribution in [1.29, 1.82) is 0 Å². The number of carboxylic acid groups (broad SMARTS) is 2.